The lowest BCUT2D eigenvalue weighted by Crippen LogP contribution is -2.46. The first kappa shape index (κ1) is 13.3. The minimum absolute atomic E-state index is 0.189. The summed E-state index contributed by atoms with van der Waals surface area (Å²) >= 11 is 0. The lowest BCUT2D eigenvalue weighted by Gasteiger charge is -2.34. The molecule has 18 heavy (non-hydrogen) atoms. The summed E-state index contributed by atoms with van der Waals surface area (Å²) in [6.07, 6.45) is 1.20. The summed E-state index contributed by atoms with van der Waals surface area (Å²) in [5, 5.41) is 0. The molecule has 0 bridgehead atoms. The SMILES string of the molecule is CCCN1CCN(Cc2ccc(N)cc2F)CC1. The number of nitrogens with zero attached hydrogens (tertiary/aromatic N) is 2. The number of nitrogen functional groups attached to an aromatic ring is 1. The van der Waals surface area contributed by atoms with Gasteiger partial charge >= 0.3 is 0 Å². The van der Waals surface area contributed by atoms with Crippen LogP contribution in [0.25, 0.3) is 0 Å². The molecule has 2 rings (SSSR count). The molecule has 2 N–H and O–H groups in total. The Morgan fingerprint density at radius 1 is 1.17 bits per heavy atom. The number of hydrogen-bond donors (Lipinski definition) is 1. The predicted octanol–water partition coefficient (Wildman–Crippen LogP) is 1.94. The number of nitrogens with two attached hydrogens (primary N) is 1. The van der Waals surface area contributed by atoms with Crippen LogP contribution in [0.5, 0.6) is 0 Å². The van der Waals surface area contributed by atoms with Gasteiger partial charge in [0.2, 0.25) is 0 Å². The molecular weight excluding hydrogens is 229 g/mol. The second kappa shape index (κ2) is 6.16. The Morgan fingerprint density at radius 2 is 1.83 bits per heavy atom. The van der Waals surface area contributed by atoms with E-state index in [9.17, 15) is 4.39 Å². The number of benzene rings is 1. The highest BCUT2D eigenvalue weighted by Gasteiger charge is 2.17. The van der Waals surface area contributed by atoms with Crippen LogP contribution >= 0.6 is 0 Å². The van der Waals surface area contributed by atoms with Crippen LogP contribution in [0.2, 0.25) is 0 Å². The molecule has 1 saturated heterocycles. The third-order valence-electron chi connectivity index (χ3n) is 3.48. The molecule has 0 unspecified atom stereocenters. The lowest BCUT2D eigenvalue weighted by molar-refractivity contribution is 0.126. The molecule has 0 amide bonds. The van der Waals surface area contributed by atoms with E-state index in [1.807, 2.05) is 0 Å². The fourth-order valence-electron chi connectivity index (χ4n) is 2.42. The van der Waals surface area contributed by atoms with Crippen LogP contribution in [0.15, 0.2) is 18.2 Å². The molecule has 0 atom stereocenters. The molecule has 1 aliphatic rings. The zero-order valence-electron chi connectivity index (χ0n) is 11.0. The van der Waals surface area contributed by atoms with Crippen molar-refractivity contribution < 1.29 is 4.39 Å². The molecule has 0 spiro atoms. The van der Waals surface area contributed by atoms with Crippen LogP contribution in [0.4, 0.5) is 10.1 Å². The topological polar surface area (TPSA) is 32.5 Å². The van der Waals surface area contributed by atoms with Gasteiger partial charge in [0.15, 0.2) is 0 Å². The Balaban J connectivity index is 1.87. The summed E-state index contributed by atoms with van der Waals surface area (Å²) in [6, 6.07) is 4.97. The van der Waals surface area contributed by atoms with Gasteiger partial charge in [-0.15, -0.1) is 0 Å². The van der Waals surface area contributed by atoms with Crippen molar-refractivity contribution in [2.45, 2.75) is 19.9 Å². The van der Waals surface area contributed by atoms with Crippen LogP contribution in [0.1, 0.15) is 18.9 Å². The average Bonchev–Trinajstić information content (AvgIpc) is 2.35. The number of hydrogen-bond acceptors (Lipinski definition) is 3. The van der Waals surface area contributed by atoms with Crippen molar-refractivity contribution in [3.63, 3.8) is 0 Å². The second-order valence-electron chi connectivity index (χ2n) is 4.97. The fourth-order valence-corrected chi connectivity index (χ4v) is 2.42. The van der Waals surface area contributed by atoms with E-state index < -0.39 is 0 Å². The van der Waals surface area contributed by atoms with Crippen LogP contribution in [0.3, 0.4) is 0 Å². The summed E-state index contributed by atoms with van der Waals surface area (Å²) in [4.78, 5) is 4.77. The van der Waals surface area contributed by atoms with E-state index in [2.05, 4.69) is 16.7 Å². The van der Waals surface area contributed by atoms with Gasteiger partial charge in [0.1, 0.15) is 5.82 Å². The van der Waals surface area contributed by atoms with Crippen molar-refractivity contribution in [3.05, 3.63) is 29.6 Å². The quantitative estimate of drug-likeness (QED) is 0.830. The highest BCUT2D eigenvalue weighted by atomic mass is 19.1. The summed E-state index contributed by atoms with van der Waals surface area (Å²) in [6.45, 7) is 8.27. The molecule has 1 fully saturated rings. The number of piperazine rings is 1. The number of halogens is 1. The first-order valence-corrected chi connectivity index (χ1v) is 6.67. The van der Waals surface area contributed by atoms with Gasteiger partial charge in [-0.3, -0.25) is 4.90 Å². The van der Waals surface area contributed by atoms with Crippen LogP contribution < -0.4 is 5.73 Å². The average molecular weight is 251 g/mol. The number of anilines is 1. The molecule has 1 aromatic rings. The summed E-state index contributed by atoms with van der Waals surface area (Å²) in [7, 11) is 0. The summed E-state index contributed by atoms with van der Waals surface area (Å²) < 4.78 is 13.7. The Morgan fingerprint density at radius 3 is 2.44 bits per heavy atom. The highest BCUT2D eigenvalue weighted by Crippen LogP contribution is 2.15. The standard InChI is InChI=1S/C14H22FN3/c1-2-5-17-6-8-18(9-7-17)11-12-3-4-13(16)10-14(12)15/h3-4,10H,2,5-9,11,16H2,1H3. The van der Waals surface area contributed by atoms with Gasteiger partial charge in [0.05, 0.1) is 0 Å². The largest absolute Gasteiger partial charge is 0.399 e. The van der Waals surface area contributed by atoms with E-state index in [0.717, 1.165) is 31.7 Å². The summed E-state index contributed by atoms with van der Waals surface area (Å²) in [5.41, 5.74) is 6.79. The molecule has 100 valence electrons. The van der Waals surface area contributed by atoms with Gasteiger partial charge in [-0.05, 0) is 25.1 Å². The third-order valence-corrected chi connectivity index (χ3v) is 3.48. The smallest absolute Gasteiger partial charge is 0.129 e. The van der Waals surface area contributed by atoms with Gasteiger partial charge in [-0.1, -0.05) is 13.0 Å². The van der Waals surface area contributed by atoms with E-state index >= 15 is 0 Å². The van der Waals surface area contributed by atoms with Crippen molar-refractivity contribution in [2.24, 2.45) is 0 Å². The summed E-state index contributed by atoms with van der Waals surface area (Å²) in [5.74, 6) is -0.189. The zero-order valence-corrected chi connectivity index (χ0v) is 11.0. The molecule has 0 radical (unpaired) electrons. The molecule has 1 aliphatic heterocycles. The van der Waals surface area contributed by atoms with E-state index in [4.69, 9.17) is 5.73 Å². The Kier molecular flexibility index (Phi) is 4.55. The van der Waals surface area contributed by atoms with E-state index in [1.165, 1.54) is 19.0 Å². The van der Waals surface area contributed by atoms with Crippen molar-refractivity contribution in [1.29, 1.82) is 0 Å². The van der Waals surface area contributed by atoms with Gasteiger partial charge < -0.3 is 10.6 Å². The first-order chi connectivity index (χ1) is 8.69. The molecule has 1 aromatic carbocycles. The minimum atomic E-state index is -0.189. The van der Waals surface area contributed by atoms with Crippen LogP contribution in [0, 0.1) is 5.82 Å². The second-order valence-corrected chi connectivity index (χ2v) is 4.97. The van der Waals surface area contributed by atoms with Crippen molar-refractivity contribution in [3.8, 4) is 0 Å². The van der Waals surface area contributed by atoms with Crippen LogP contribution in [-0.4, -0.2) is 42.5 Å². The van der Waals surface area contributed by atoms with Crippen molar-refractivity contribution >= 4 is 5.69 Å². The molecular formula is C14H22FN3. The third kappa shape index (κ3) is 3.43. The lowest BCUT2D eigenvalue weighted by atomic mass is 10.1. The molecule has 0 aromatic heterocycles. The van der Waals surface area contributed by atoms with Crippen molar-refractivity contribution in [1.82, 2.24) is 9.80 Å². The van der Waals surface area contributed by atoms with Gasteiger partial charge in [-0.25, -0.2) is 4.39 Å². The fraction of sp³-hybridized carbons (Fsp3) is 0.571. The number of rotatable bonds is 4. The molecule has 1 heterocycles. The normalized spacial score (nSPS) is 18.1. The monoisotopic (exact) mass is 251 g/mol. The Labute approximate surface area is 108 Å². The van der Waals surface area contributed by atoms with E-state index in [1.54, 1.807) is 12.1 Å². The molecule has 3 nitrogen and oxygen atoms in total. The zero-order chi connectivity index (χ0) is 13.0. The molecule has 0 saturated carbocycles. The minimum Gasteiger partial charge on any atom is -0.399 e. The van der Waals surface area contributed by atoms with Gasteiger partial charge in [-0.2, -0.15) is 0 Å². The van der Waals surface area contributed by atoms with Gasteiger partial charge in [0, 0.05) is 44.0 Å². The highest BCUT2D eigenvalue weighted by molar-refractivity contribution is 5.40. The maximum atomic E-state index is 13.7. The first-order valence-electron chi connectivity index (χ1n) is 6.67. The molecule has 4 heteroatoms. The Hall–Kier alpha value is -1.13. The van der Waals surface area contributed by atoms with Gasteiger partial charge in [0.25, 0.3) is 0 Å². The van der Waals surface area contributed by atoms with E-state index in [-0.39, 0.29) is 5.82 Å². The predicted molar refractivity (Wildman–Crippen MR) is 72.8 cm³/mol. The maximum Gasteiger partial charge on any atom is 0.129 e. The maximum absolute atomic E-state index is 13.7. The van der Waals surface area contributed by atoms with E-state index in [0.29, 0.717) is 12.2 Å². The Bertz CT molecular complexity index is 387. The van der Waals surface area contributed by atoms with Crippen molar-refractivity contribution in [2.75, 3.05) is 38.5 Å². The van der Waals surface area contributed by atoms with Crippen LogP contribution in [-0.2, 0) is 6.54 Å². The molecule has 0 aliphatic carbocycles.